The average Bonchev–Trinajstić information content (AvgIpc) is 3.30. The van der Waals surface area contributed by atoms with Gasteiger partial charge in [0.25, 0.3) is 0 Å². The minimum Gasteiger partial charge on any atom is -0.461 e. The fraction of sp³-hybridized carbons (Fsp3) is 0.619. The first-order valence-electron chi connectivity index (χ1n) is 10.5. The van der Waals surface area contributed by atoms with Gasteiger partial charge in [0.2, 0.25) is 0 Å². The number of ether oxygens (including phenoxy) is 2. The molecule has 1 aliphatic rings. The van der Waals surface area contributed by atoms with E-state index in [2.05, 4.69) is 27.8 Å². The number of carbonyl (C=O) groups is 1. The second-order valence-corrected chi connectivity index (χ2v) is 7.74. The summed E-state index contributed by atoms with van der Waals surface area (Å²) in [5, 5.41) is 10.6. The molecule has 3 rings (SSSR count). The van der Waals surface area contributed by atoms with Crippen molar-refractivity contribution in [2.45, 2.75) is 76.2 Å². The Morgan fingerprint density at radius 3 is 2.90 bits per heavy atom. The number of fused-ring (bicyclic) bond motifs is 1. The summed E-state index contributed by atoms with van der Waals surface area (Å²) in [6, 6.07) is 0. The lowest BCUT2D eigenvalue weighted by Crippen LogP contribution is -2.43. The Hall–Kier alpha value is -2.77. The van der Waals surface area contributed by atoms with Gasteiger partial charge in [-0.15, -0.1) is 6.42 Å². The van der Waals surface area contributed by atoms with E-state index in [1.807, 2.05) is 0 Å². The van der Waals surface area contributed by atoms with Crippen LogP contribution in [0.4, 0.5) is 10.2 Å². The molecule has 1 aliphatic heterocycles. The first-order valence-corrected chi connectivity index (χ1v) is 10.5. The van der Waals surface area contributed by atoms with Gasteiger partial charge in [-0.3, -0.25) is 9.36 Å². The monoisotopic (exact) mass is 433 g/mol. The number of nitrogens with zero attached hydrogens (tertiary/aromatic N) is 4. The van der Waals surface area contributed by atoms with E-state index in [4.69, 9.17) is 21.6 Å². The lowest BCUT2D eigenvalue weighted by Gasteiger charge is -2.26. The Morgan fingerprint density at radius 2 is 2.16 bits per heavy atom. The highest BCUT2D eigenvalue weighted by atomic mass is 19.1. The third kappa shape index (κ3) is 5.11. The molecule has 3 atom stereocenters. The van der Waals surface area contributed by atoms with Gasteiger partial charge in [0, 0.05) is 12.8 Å². The van der Waals surface area contributed by atoms with Crippen LogP contribution in [0.2, 0.25) is 0 Å². The molecule has 3 heterocycles. The molecule has 0 aromatic carbocycles. The average molecular weight is 433 g/mol. The Labute approximate surface area is 180 Å². The van der Waals surface area contributed by atoms with Crippen LogP contribution in [0.3, 0.4) is 0 Å². The molecule has 1 saturated heterocycles. The van der Waals surface area contributed by atoms with Crippen molar-refractivity contribution in [2.75, 3.05) is 12.3 Å². The number of hydrogen-bond acceptors (Lipinski definition) is 8. The number of unbranched alkanes of at least 4 members (excludes halogenated alkanes) is 5. The molecular formula is C21H28FN5O4. The van der Waals surface area contributed by atoms with E-state index >= 15 is 0 Å². The van der Waals surface area contributed by atoms with Gasteiger partial charge in [0.05, 0.1) is 6.33 Å². The van der Waals surface area contributed by atoms with Crippen LogP contribution in [-0.4, -0.2) is 48.9 Å². The van der Waals surface area contributed by atoms with Gasteiger partial charge >= 0.3 is 12.0 Å². The quantitative estimate of drug-likeness (QED) is 0.253. The molecule has 3 N–H and O–H groups in total. The molecule has 0 spiro atoms. The van der Waals surface area contributed by atoms with Crippen LogP contribution < -0.4 is 5.73 Å². The number of terminal acetylenes is 1. The maximum absolute atomic E-state index is 13.6. The second kappa shape index (κ2) is 10.0. The van der Waals surface area contributed by atoms with E-state index in [1.165, 1.54) is 23.7 Å². The highest BCUT2D eigenvalue weighted by Gasteiger charge is 2.49. The van der Waals surface area contributed by atoms with Crippen LogP contribution in [0, 0.1) is 18.4 Å². The summed E-state index contributed by atoms with van der Waals surface area (Å²) in [7, 11) is 0. The van der Waals surface area contributed by atoms with Crippen LogP contribution in [0.1, 0.15) is 64.5 Å². The standard InChI is InChI=1S/C21H28FN5O4/c1-3-5-6-7-8-9-10-16(29)30-12-21(4-2)14(28)11-15(31-21)27-13-24-17-18(23)25-20(22)26-19(17)27/h2,13-15,28H,3,5-12H2,1H3,(H2,23,25,26)/t14-,15+,21+/m0/s1. The lowest BCUT2D eigenvalue weighted by atomic mass is 9.99. The molecule has 0 bridgehead atoms. The van der Waals surface area contributed by atoms with Crippen molar-refractivity contribution in [3.05, 3.63) is 12.4 Å². The van der Waals surface area contributed by atoms with E-state index in [0.717, 1.165) is 25.7 Å². The van der Waals surface area contributed by atoms with E-state index in [0.29, 0.717) is 0 Å². The zero-order valence-corrected chi connectivity index (χ0v) is 17.6. The van der Waals surface area contributed by atoms with Crippen molar-refractivity contribution in [1.29, 1.82) is 0 Å². The lowest BCUT2D eigenvalue weighted by molar-refractivity contribution is -0.156. The molecule has 0 radical (unpaired) electrons. The molecular weight excluding hydrogens is 405 g/mol. The van der Waals surface area contributed by atoms with Crippen LogP contribution in [0.5, 0.6) is 0 Å². The van der Waals surface area contributed by atoms with Crippen molar-refractivity contribution in [1.82, 2.24) is 19.5 Å². The second-order valence-electron chi connectivity index (χ2n) is 7.74. The van der Waals surface area contributed by atoms with Crippen LogP contribution in [0.25, 0.3) is 11.2 Å². The summed E-state index contributed by atoms with van der Waals surface area (Å²) in [6.07, 6.45) is 10.8. The summed E-state index contributed by atoms with van der Waals surface area (Å²) >= 11 is 0. The fourth-order valence-corrected chi connectivity index (χ4v) is 3.65. The van der Waals surface area contributed by atoms with E-state index in [9.17, 15) is 14.3 Å². The first kappa shape index (κ1) is 22.9. The normalized spacial score (nSPS) is 23.2. The van der Waals surface area contributed by atoms with Gasteiger partial charge in [-0.2, -0.15) is 14.4 Å². The number of nitrogen functional groups attached to an aromatic ring is 1. The molecule has 31 heavy (non-hydrogen) atoms. The van der Waals surface area contributed by atoms with E-state index < -0.39 is 24.0 Å². The molecule has 0 aliphatic carbocycles. The maximum Gasteiger partial charge on any atom is 0.312 e. The number of aliphatic hydroxyl groups excluding tert-OH is 1. The van der Waals surface area contributed by atoms with Crippen molar-refractivity contribution >= 4 is 23.0 Å². The topological polar surface area (TPSA) is 125 Å². The SMILES string of the molecule is C#C[C@]1(COC(=O)CCCCCCCC)O[C@@H](n2cnc3c(N)nc(F)nc32)C[C@@H]1O. The van der Waals surface area contributed by atoms with Gasteiger partial charge in [-0.05, 0) is 6.42 Å². The van der Waals surface area contributed by atoms with Crippen molar-refractivity contribution in [3.8, 4) is 12.3 Å². The van der Waals surface area contributed by atoms with Crippen molar-refractivity contribution < 1.29 is 23.8 Å². The van der Waals surface area contributed by atoms with Crippen LogP contribution >= 0.6 is 0 Å². The molecule has 2 aromatic heterocycles. The summed E-state index contributed by atoms with van der Waals surface area (Å²) in [5.74, 6) is 1.93. The summed E-state index contributed by atoms with van der Waals surface area (Å²) < 4.78 is 26.3. The summed E-state index contributed by atoms with van der Waals surface area (Å²) in [5.41, 5.74) is 4.50. The third-order valence-corrected chi connectivity index (χ3v) is 5.47. The highest BCUT2D eigenvalue weighted by Crippen LogP contribution is 2.38. The zero-order valence-electron chi connectivity index (χ0n) is 17.6. The van der Waals surface area contributed by atoms with Gasteiger partial charge < -0.3 is 20.3 Å². The number of anilines is 1. The maximum atomic E-state index is 13.6. The summed E-state index contributed by atoms with van der Waals surface area (Å²) in [6.45, 7) is 1.87. The van der Waals surface area contributed by atoms with Crippen molar-refractivity contribution in [2.24, 2.45) is 0 Å². The van der Waals surface area contributed by atoms with Crippen LogP contribution in [0.15, 0.2) is 6.33 Å². The molecule has 9 nitrogen and oxygen atoms in total. The number of aromatic nitrogens is 4. The highest BCUT2D eigenvalue weighted by molar-refractivity contribution is 5.81. The fourth-order valence-electron chi connectivity index (χ4n) is 3.65. The predicted octanol–water partition coefficient (Wildman–Crippen LogP) is 2.49. The van der Waals surface area contributed by atoms with Crippen molar-refractivity contribution in [3.63, 3.8) is 0 Å². The minimum atomic E-state index is -1.52. The Kier molecular flexibility index (Phi) is 7.41. The predicted molar refractivity (Wildman–Crippen MR) is 111 cm³/mol. The molecule has 0 amide bonds. The molecule has 10 heteroatoms. The molecule has 0 unspecified atom stereocenters. The van der Waals surface area contributed by atoms with Gasteiger partial charge in [-0.25, -0.2) is 4.98 Å². The number of nitrogens with two attached hydrogens (primary N) is 1. The number of esters is 1. The number of imidazole rings is 1. The zero-order chi connectivity index (χ0) is 22.4. The largest absolute Gasteiger partial charge is 0.461 e. The van der Waals surface area contributed by atoms with Gasteiger partial charge in [0.15, 0.2) is 22.6 Å². The van der Waals surface area contributed by atoms with Gasteiger partial charge in [0.1, 0.15) is 18.9 Å². The third-order valence-electron chi connectivity index (χ3n) is 5.47. The number of rotatable bonds is 10. The molecule has 0 saturated carbocycles. The van der Waals surface area contributed by atoms with Crippen LogP contribution in [-0.2, 0) is 14.3 Å². The van der Waals surface area contributed by atoms with Gasteiger partial charge in [-0.1, -0.05) is 44.9 Å². The van der Waals surface area contributed by atoms with E-state index in [-0.39, 0.29) is 42.4 Å². The number of aliphatic hydroxyl groups is 1. The number of carbonyl (C=O) groups excluding carboxylic acids is 1. The molecule has 168 valence electrons. The number of hydrogen-bond donors (Lipinski definition) is 2. The number of halogens is 1. The Bertz CT molecular complexity index is 959. The molecule has 1 fully saturated rings. The Morgan fingerprint density at radius 1 is 1.42 bits per heavy atom. The summed E-state index contributed by atoms with van der Waals surface area (Å²) in [4.78, 5) is 23.3. The minimum absolute atomic E-state index is 0.0795. The Balaban J connectivity index is 1.60. The smallest absolute Gasteiger partial charge is 0.312 e. The van der Waals surface area contributed by atoms with E-state index in [1.54, 1.807) is 0 Å². The molecule has 2 aromatic rings. The first-order chi connectivity index (χ1) is 14.9.